The van der Waals surface area contributed by atoms with Crippen LogP contribution in [0.25, 0.3) is 0 Å². The number of amides is 2. The number of hydrogen-bond acceptors (Lipinski definition) is 4. The smallest absolute Gasteiger partial charge is 0.225 e. The van der Waals surface area contributed by atoms with Crippen LogP contribution in [-0.2, 0) is 20.9 Å². The molecule has 140 valence electrons. The second-order valence-corrected chi connectivity index (χ2v) is 8.38. The minimum Gasteiger partial charge on any atom is -0.380 e. The first-order valence-corrected chi connectivity index (χ1v) is 9.58. The Morgan fingerprint density at radius 1 is 1.42 bits per heavy atom. The molecular formula is C20H27N3O3. The van der Waals surface area contributed by atoms with Crippen molar-refractivity contribution in [1.29, 1.82) is 0 Å². The van der Waals surface area contributed by atoms with Crippen LogP contribution in [0.3, 0.4) is 0 Å². The number of rotatable bonds is 5. The van der Waals surface area contributed by atoms with Gasteiger partial charge in [0, 0.05) is 55.7 Å². The highest BCUT2D eigenvalue weighted by Gasteiger charge is 2.53. The molecule has 6 nitrogen and oxygen atoms in total. The third kappa shape index (κ3) is 3.34. The van der Waals surface area contributed by atoms with Gasteiger partial charge in [0.1, 0.15) is 0 Å². The van der Waals surface area contributed by atoms with Crippen LogP contribution in [0, 0.1) is 23.2 Å². The summed E-state index contributed by atoms with van der Waals surface area (Å²) in [6, 6.07) is 3.81. The summed E-state index contributed by atoms with van der Waals surface area (Å²) in [6.07, 6.45) is 5.92. The Hall–Kier alpha value is -1.95. The number of nitrogens with zero attached hydrogens (tertiary/aromatic N) is 2. The molecule has 0 unspecified atom stereocenters. The molecular weight excluding hydrogens is 330 g/mol. The van der Waals surface area contributed by atoms with Crippen LogP contribution in [0.2, 0.25) is 0 Å². The van der Waals surface area contributed by atoms with Crippen LogP contribution < -0.4 is 5.32 Å². The zero-order valence-electron chi connectivity index (χ0n) is 15.3. The van der Waals surface area contributed by atoms with Crippen molar-refractivity contribution >= 4 is 11.8 Å². The van der Waals surface area contributed by atoms with Crippen LogP contribution >= 0.6 is 0 Å². The molecule has 3 heterocycles. The van der Waals surface area contributed by atoms with Gasteiger partial charge in [-0.15, -0.1) is 0 Å². The molecule has 1 saturated carbocycles. The van der Waals surface area contributed by atoms with E-state index in [0.717, 1.165) is 24.9 Å². The van der Waals surface area contributed by atoms with Gasteiger partial charge in [-0.1, -0.05) is 13.0 Å². The van der Waals surface area contributed by atoms with Gasteiger partial charge in [0.2, 0.25) is 11.8 Å². The number of carbonyl (C=O) groups is 2. The molecule has 0 radical (unpaired) electrons. The molecule has 0 spiro atoms. The Morgan fingerprint density at radius 3 is 3.00 bits per heavy atom. The van der Waals surface area contributed by atoms with Gasteiger partial charge in [-0.05, 0) is 30.4 Å². The first kappa shape index (κ1) is 17.5. The van der Waals surface area contributed by atoms with Crippen LogP contribution in [0.15, 0.2) is 24.5 Å². The fourth-order valence-electron chi connectivity index (χ4n) is 4.70. The van der Waals surface area contributed by atoms with Crippen molar-refractivity contribution in [2.75, 3.05) is 26.3 Å². The van der Waals surface area contributed by atoms with Gasteiger partial charge in [0.15, 0.2) is 0 Å². The number of hydrogen-bond donors (Lipinski definition) is 1. The SMILES string of the molecule is CC1CC(C(=O)N2C[C@@H]3COC[C@]3(CC(=O)NCc3cccnc3)C2)C1. The van der Waals surface area contributed by atoms with E-state index >= 15 is 0 Å². The van der Waals surface area contributed by atoms with E-state index in [1.165, 1.54) is 0 Å². The second kappa shape index (κ2) is 6.99. The number of likely N-dealkylation sites (tertiary alicyclic amines) is 1. The summed E-state index contributed by atoms with van der Waals surface area (Å²) in [4.78, 5) is 31.3. The molecule has 1 aromatic heterocycles. The lowest BCUT2D eigenvalue weighted by atomic mass is 9.75. The molecule has 6 heteroatoms. The normalized spacial score (nSPS) is 32.8. The molecule has 3 aliphatic rings. The highest BCUT2D eigenvalue weighted by molar-refractivity contribution is 5.81. The summed E-state index contributed by atoms with van der Waals surface area (Å²) < 4.78 is 5.70. The van der Waals surface area contributed by atoms with Gasteiger partial charge in [-0.3, -0.25) is 14.6 Å². The summed E-state index contributed by atoms with van der Waals surface area (Å²) in [5.41, 5.74) is 0.768. The van der Waals surface area contributed by atoms with E-state index in [-0.39, 0.29) is 29.1 Å². The maximum atomic E-state index is 12.7. The summed E-state index contributed by atoms with van der Waals surface area (Å²) in [7, 11) is 0. The average Bonchev–Trinajstić information content (AvgIpc) is 3.14. The van der Waals surface area contributed by atoms with Crippen molar-refractivity contribution in [3.05, 3.63) is 30.1 Å². The molecule has 4 rings (SSSR count). The minimum atomic E-state index is -0.218. The Bertz CT molecular complexity index is 674. The maximum absolute atomic E-state index is 12.7. The van der Waals surface area contributed by atoms with Gasteiger partial charge in [-0.2, -0.15) is 0 Å². The highest BCUT2D eigenvalue weighted by Crippen LogP contribution is 2.45. The third-order valence-electron chi connectivity index (χ3n) is 6.28. The fourth-order valence-corrected chi connectivity index (χ4v) is 4.70. The number of ether oxygens (including phenoxy) is 1. The lowest BCUT2D eigenvalue weighted by Gasteiger charge is -2.35. The molecule has 1 N–H and O–H groups in total. The van der Waals surface area contributed by atoms with Crippen LogP contribution in [0.1, 0.15) is 31.7 Å². The van der Waals surface area contributed by atoms with Crippen LogP contribution in [0.4, 0.5) is 0 Å². The van der Waals surface area contributed by atoms with Crippen LogP contribution in [0.5, 0.6) is 0 Å². The predicted molar refractivity (Wildman–Crippen MR) is 95.9 cm³/mol. The number of nitrogens with one attached hydrogen (secondary N) is 1. The monoisotopic (exact) mass is 357 g/mol. The third-order valence-corrected chi connectivity index (χ3v) is 6.28. The van der Waals surface area contributed by atoms with Crippen molar-refractivity contribution in [3.8, 4) is 0 Å². The standard InChI is InChI=1S/C20H27N3O3/c1-14-5-16(6-14)19(25)23-10-17-11-26-13-20(17,12-23)7-18(24)22-9-15-3-2-4-21-8-15/h2-4,8,14,16-17H,5-7,9-13H2,1H3,(H,22,24)/t14?,16?,17-,20+/m1/s1. The zero-order chi connectivity index (χ0) is 18.1. The van der Waals surface area contributed by atoms with Gasteiger partial charge in [0.25, 0.3) is 0 Å². The Balaban J connectivity index is 1.35. The minimum absolute atomic E-state index is 0.0240. The number of pyridine rings is 1. The largest absolute Gasteiger partial charge is 0.380 e. The molecule has 1 aliphatic carbocycles. The van der Waals surface area contributed by atoms with E-state index in [1.54, 1.807) is 12.4 Å². The molecule has 26 heavy (non-hydrogen) atoms. The van der Waals surface area contributed by atoms with E-state index in [4.69, 9.17) is 4.74 Å². The summed E-state index contributed by atoms with van der Waals surface area (Å²) >= 11 is 0. The lowest BCUT2D eigenvalue weighted by molar-refractivity contribution is -0.139. The van der Waals surface area contributed by atoms with E-state index in [9.17, 15) is 9.59 Å². The topological polar surface area (TPSA) is 71.5 Å². The predicted octanol–water partition coefficient (Wildman–Crippen LogP) is 1.61. The average molecular weight is 357 g/mol. The molecule has 2 amide bonds. The molecule has 2 aliphatic heterocycles. The Labute approximate surface area is 154 Å². The second-order valence-electron chi connectivity index (χ2n) is 8.38. The number of aromatic nitrogens is 1. The first-order valence-electron chi connectivity index (χ1n) is 9.58. The molecule has 0 aromatic carbocycles. The Morgan fingerprint density at radius 2 is 2.27 bits per heavy atom. The zero-order valence-corrected chi connectivity index (χ0v) is 15.3. The molecule has 2 saturated heterocycles. The number of fused-ring (bicyclic) bond motifs is 1. The fraction of sp³-hybridized carbons (Fsp3) is 0.650. The number of carbonyl (C=O) groups excluding carboxylic acids is 2. The van der Waals surface area contributed by atoms with Crippen molar-refractivity contribution in [3.63, 3.8) is 0 Å². The van der Waals surface area contributed by atoms with Gasteiger partial charge >= 0.3 is 0 Å². The van der Waals surface area contributed by atoms with E-state index in [0.29, 0.717) is 38.6 Å². The van der Waals surface area contributed by atoms with Crippen LogP contribution in [-0.4, -0.2) is 48.0 Å². The van der Waals surface area contributed by atoms with Crippen molar-refractivity contribution in [2.45, 2.75) is 32.7 Å². The molecule has 2 atom stereocenters. The highest BCUT2D eigenvalue weighted by atomic mass is 16.5. The van der Waals surface area contributed by atoms with Crippen molar-refractivity contribution < 1.29 is 14.3 Å². The van der Waals surface area contributed by atoms with E-state index in [1.807, 2.05) is 17.0 Å². The quantitative estimate of drug-likeness (QED) is 0.869. The van der Waals surface area contributed by atoms with Gasteiger partial charge in [-0.25, -0.2) is 0 Å². The molecule has 1 aromatic rings. The van der Waals surface area contributed by atoms with E-state index < -0.39 is 0 Å². The maximum Gasteiger partial charge on any atom is 0.225 e. The lowest BCUT2D eigenvalue weighted by Crippen LogP contribution is -2.42. The summed E-state index contributed by atoms with van der Waals surface area (Å²) in [5, 5.41) is 2.99. The summed E-state index contributed by atoms with van der Waals surface area (Å²) in [5.74, 6) is 1.44. The summed E-state index contributed by atoms with van der Waals surface area (Å²) in [6.45, 7) is 5.30. The van der Waals surface area contributed by atoms with Crippen molar-refractivity contribution in [1.82, 2.24) is 15.2 Å². The Kier molecular flexibility index (Phi) is 4.69. The van der Waals surface area contributed by atoms with Gasteiger partial charge < -0.3 is 15.0 Å². The molecule has 3 fully saturated rings. The molecule has 0 bridgehead atoms. The van der Waals surface area contributed by atoms with E-state index in [2.05, 4.69) is 17.2 Å². The van der Waals surface area contributed by atoms with Crippen molar-refractivity contribution in [2.24, 2.45) is 23.2 Å². The first-order chi connectivity index (χ1) is 12.6. The van der Waals surface area contributed by atoms with Gasteiger partial charge in [0.05, 0.1) is 13.2 Å².